The Labute approximate surface area is 116 Å². The quantitative estimate of drug-likeness (QED) is 0.536. The van der Waals surface area contributed by atoms with E-state index in [2.05, 4.69) is 7.98 Å². The summed E-state index contributed by atoms with van der Waals surface area (Å²) in [5.74, 6) is 0. The fourth-order valence-electron chi connectivity index (χ4n) is 0.648. The van der Waals surface area contributed by atoms with Crippen LogP contribution in [0.4, 0.5) is 43.9 Å². The lowest BCUT2D eigenvalue weighted by Crippen LogP contribution is -2.58. The van der Waals surface area contributed by atoms with Crippen LogP contribution in [0, 0.1) is 0 Å². The first kappa shape index (κ1) is 21.2. The zero-order chi connectivity index (χ0) is 18.6. The molecule has 0 heterocycles. The summed E-state index contributed by atoms with van der Waals surface area (Å²) in [7, 11) is -11.7. The Morgan fingerprint density at radius 3 is 0.909 bits per heavy atom. The van der Waals surface area contributed by atoms with Gasteiger partial charge in [-0.3, -0.25) is 0 Å². The van der Waals surface area contributed by atoms with Crippen molar-refractivity contribution in [3.8, 4) is 0 Å². The van der Waals surface area contributed by atoms with E-state index in [1.165, 1.54) is 0 Å². The van der Waals surface area contributed by atoms with Gasteiger partial charge >= 0.3 is 22.9 Å². The lowest BCUT2D eigenvalue weighted by atomic mass is 10.5. The van der Waals surface area contributed by atoms with Crippen LogP contribution >= 0.6 is 0 Å². The monoisotopic (exact) mass is 391 g/mol. The first-order valence-corrected chi connectivity index (χ1v) is 6.97. The Kier molecular flexibility index (Phi) is 4.94. The topological polar surface area (TPSA) is 71.5 Å². The van der Waals surface area contributed by atoms with Gasteiger partial charge in [0.15, 0.2) is 0 Å². The van der Waals surface area contributed by atoms with Crippen LogP contribution in [0.2, 0.25) is 0 Å². The standard InChI is InChI=1S/C4BF10NO4S2/c5-16(21(17,18)3(12,13)1(6,7)8)22(19,20)4(14,15)2(9,10)11. The molecule has 0 aliphatic carbocycles. The Bertz CT molecular complexity index is 577. The summed E-state index contributed by atoms with van der Waals surface area (Å²) in [5.41, 5.74) is 0. The summed E-state index contributed by atoms with van der Waals surface area (Å²) in [4.78, 5) is 0. The van der Waals surface area contributed by atoms with E-state index < -0.39 is 46.5 Å². The van der Waals surface area contributed by atoms with Crippen molar-refractivity contribution in [2.45, 2.75) is 22.9 Å². The predicted molar refractivity (Wildman–Crippen MR) is 47.4 cm³/mol. The number of alkyl halides is 10. The third kappa shape index (κ3) is 2.86. The maximum Gasteiger partial charge on any atom is 0.470 e. The van der Waals surface area contributed by atoms with Gasteiger partial charge in [0.2, 0.25) is 7.98 Å². The SMILES string of the molecule is [B]N(S(=O)(=O)C(F)(F)C(F)(F)F)S(=O)(=O)C(F)(F)C(F)(F)F. The molecule has 2 radical (unpaired) electrons. The third-order valence-corrected chi connectivity index (χ3v) is 5.67. The van der Waals surface area contributed by atoms with E-state index >= 15 is 0 Å². The number of hydrogen-bond donors (Lipinski definition) is 0. The smallest absolute Gasteiger partial charge is 0.206 e. The fourth-order valence-corrected chi connectivity index (χ4v) is 3.28. The highest BCUT2D eigenvalue weighted by molar-refractivity contribution is 8.06. The maximum atomic E-state index is 12.5. The van der Waals surface area contributed by atoms with Gasteiger partial charge in [-0.1, -0.05) is 0 Å². The van der Waals surface area contributed by atoms with E-state index in [0.29, 0.717) is 0 Å². The average Bonchev–Trinajstić information content (AvgIpc) is 2.24. The van der Waals surface area contributed by atoms with Gasteiger partial charge in [0.25, 0.3) is 20.0 Å². The van der Waals surface area contributed by atoms with E-state index in [-0.39, 0.29) is 0 Å². The Hall–Kier alpha value is -0.775. The minimum absolute atomic E-state index is 2.86. The summed E-state index contributed by atoms with van der Waals surface area (Å²) >= 11 is 0. The van der Waals surface area contributed by atoms with Crippen LogP contribution < -0.4 is 0 Å². The molecule has 130 valence electrons. The van der Waals surface area contributed by atoms with Crippen LogP contribution in [0.5, 0.6) is 0 Å². The predicted octanol–water partition coefficient (Wildman–Crippen LogP) is 1.34. The first-order chi connectivity index (χ1) is 9.15. The molecule has 18 heteroatoms. The zero-order valence-corrected chi connectivity index (χ0v) is 10.9. The average molecular weight is 391 g/mol. The van der Waals surface area contributed by atoms with Crippen LogP contribution in [0.15, 0.2) is 0 Å². The van der Waals surface area contributed by atoms with Crippen molar-refractivity contribution >= 4 is 28.0 Å². The van der Waals surface area contributed by atoms with Gasteiger partial charge in [0.1, 0.15) is 0 Å². The number of rotatable bonds is 4. The molecule has 0 unspecified atom stereocenters. The van der Waals surface area contributed by atoms with E-state index in [4.69, 9.17) is 0 Å². The fraction of sp³-hybridized carbons (Fsp3) is 1.00. The summed E-state index contributed by atoms with van der Waals surface area (Å²) < 4.78 is 161. The largest absolute Gasteiger partial charge is 0.470 e. The molecular weight excluding hydrogens is 391 g/mol. The minimum atomic E-state index is -7.71. The van der Waals surface area contributed by atoms with Crippen molar-refractivity contribution in [2.75, 3.05) is 0 Å². The molecule has 0 atom stereocenters. The number of nitrogens with zero attached hydrogens (tertiary/aromatic N) is 1. The Morgan fingerprint density at radius 1 is 0.591 bits per heavy atom. The van der Waals surface area contributed by atoms with E-state index in [0.717, 1.165) is 0 Å². The van der Waals surface area contributed by atoms with Crippen molar-refractivity contribution in [3.05, 3.63) is 0 Å². The van der Waals surface area contributed by atoms with Gasteiger partial charge in [-0.25, -0.2) is 16.8 Å². The molecule has 0 spiro atoms. The molecule has 0 saturated carbocycles. The first-order valence-electron chi connectivity index (χ1n) is 4.09. The van der Waals surface area contributed by atoms with Gasteiger partial charge in [0, 0.05) is 0 Å². The molecule has 0 aliphatic heterocycles. The second-order valence-electron chi connectivity index (χ2n) is 3.26. The summed E-state index contributed by atoms with van der Waals surface area (Å²) in [6.45, 7) is 0. The molecule has 5 nitrogen and oxygen atoms in total. The van der Waals surface area contributed by atoms with E-state index in [1.54, 1.807) is 0 Å². The number of sulfonamides is 2. The van der Waals surface area contributed by atoms with Crippen LogP contribution in [-0.4, -0.2) is 51.3 Å². The number of halogens is 10. The normalized spacial score (nSPS) is 16.1. The molecule has 22 heavy (non-hydrogen) atoms. The second kappa shape index (κ2) is 5.12. The van der Waals surface area contributed by atoms with Crippen molar-refractivity contribution in [2.24, 2.45) is 0 Å². The van der Waals surface area contributed by atoms with Crippen molar-refractivity contribution < 1.29 is 60.7 Å². The maximum absolute atomic E-state index is 12.5. The van der Waals surface area contributed by atoms with Crippen molar-refractivity contribution in [1.82, 2.24) is 3.62 Å². The van der Waals surface area contributed by atoms with E-state index in [9.17, 15) is 60.7 Å². The van der Waals surface area contributed by atoms with Crippen LogP contribution in [0.3, 0.4) is 0 Å². The summed E-state index contributed by atoms with van der Waals surface area (Å²) in [6, 6.07) is 0. The lowest BCUT2D eigenvalue weighted by molar-refractivity contribution is -0.243. The third-order valence-electron chi connectivity index (χ3n) is 1.78. The highest BCUT2D eigenvalue weighted by atomic mass is 32.3. The van der Waals surface area contributed by atoms with Crippen LogP contribution in [0.25, 0.3) is 0 Å². The van der Waals surface area contributed by atoms with Crippen LogP contribution in [-0.2, 0) is 20.0 Å². The van der Waals surface area contributed by atoms with Gasteiger partial charge in [-0.05, 0) is 0 Å². The zero-order valence-electron chi connectivity index (χ0n) is 9.25. The van der Waals surface area contributed by atoms with Gasteiger partial charge in [-0.2, -0.15) is 43.9 Å². The summed E-state index contributed by atoms with van der Waals surface area (Å²) in [5, 5.41) is -14.1. The molecule has 0 aromatic heterocycles. The minimum Gasteiger partial charge on any atom is -0.206 e. The molecule has 0 saturated heterocycles. The molecule has 0 amide bonds. The molecule has 0 aliphatic rings. The highest BCUT2D eigenvalue weighted by Crippen LogP contribution is 2.46. The van der Waals surface area contributed by atoms with Crippen LogP contribution in [0.1, 0.15) is 0 Å². The Morgan fingerprint density at radius 2 is 0.773 bits per heavy atom. The van der Waals surface area contributed by atoms with Gasteiger partial charge in [0.05, 0.1) is 0 Å². The molecule has 0 bridgehead atoms. The van der Waals surface area contributed by atoms with Gasteiger partial charge in [-0.15, -0.1) is 3.62 Å². The molecule has 0 aromatic carbocycles. The number of hydrogen-bond acceptors (Lipinski definition) is 4. The summed E-state index contributed by atoms with van der Waals surface area (Å²) in [6.07, 6.45) is -14.1. The second-order valence-corrected chi connectivity index (χ2v) is 7.21. The van der Waals surface area contributed by atoms with Crippen molar-refractivity contribution in [3.63, 3.8) is 0 Å². The van der Waals surface area contributed by atoms with Crippen molar-refractivity contribution in [1.29, 1.82) is 0 Å². The highest BCUT2D eigenvalue weighted by Gasteiger charge is 2.74. The van der Waals surface area contributed by atoms with Gasteiger partial charge < -0.3 is 0 Å². The molecule has 0 N–H and O–H groups in total. The lowest BCUT2D eigenvalue weighted by Gasteiger charge is -2.29. The molecule has 0 rings (SSSR count). The Balaban J connectivity index is 6.27. The molecule has 0 fully saturated rings. The molecule has 0 aromatic rings. The molecular formula is C4BF10NO4S2. The van der Waals surface area contributed by atoms with E-state index in [1.807, 2.05) is 0 Å².